The standard InChI is InChI=1S/C36H20N6/c1-3-10-28-21(6-1)23-12-14-37-19-31(23)41(28)30-18-27-33-25(34-35(27)40-17-16-39-34)8-5-9-26(33)36(30)42-29-11-4-2-7-22(29)24-13-15-38-20-32(24)42/h1-20H. The van der Waals surface area contributed by atoms with Gasteiger partial charge in [0.25, 0.3) is 0 Å². The van der Waals surface area contributed by atoms with Crippen molar-refractivity contribution in [3.05, 3.63) is 122 Å². The minimum atomic E-state index is 0.916. The number of hydrogen-bond donors (Lipinski definition) is 0. The van der Waals surface area contributed by atoms with Crippen molar-refractivity contribution in [3.8, 4) is 33.9 Å². The highest BCUT2D eigenvalue weighted by Gasteiger charge is 2.29. The lowest BCUT2D eigenvalue weighted by Gasteiger charge is -2.20. The topological polar surface area (TPSA) is 61.4 Å². The number of benzene rings is 4. The van der Waals surface area contributed by atoms with E-state index in [0.29, 0.717) is 0 Å². The van der Waals surface area contributed by atoms with Crippen LogP contribution in [-0.4, -0.2) is 29.1 Å². The number of pyridine rings is 2. The number of para-hydroxylation sites is 2. The van der Waals surface area contributed by atoms with Gasteiger partial charge in [0, 0.05) is 68.2 Å². The Morgan fingerprint density at radius 2 is 1.02 bits per heavy atom. The summed E-state index contributed by atoms with van der Waals surface area (Å²) in [5.41, 5.74) is 10.6. The molecule has 5 aromatic heterocycles. The first-order valence-electron chi connectivity index (χ1n) is 14.0. The number of nitrogens with zero attached hydrogens (tertiary/aromatic N) is 6. The summed E-state index contributed by atoms with van der Waals surface area (Å²) < 4.78 is 4.75. The molecule has 0 amide bonds. The molecule has 0 bridgehead atoms. The van der Waals surface area contributed by atoms with Gasteiger partial charge in [0.05, 0.1) is 57.2 Å². The predicted octanol–water partition coefficient (Wildman–Crippen LogP) is 8.26. The second-order valence-corrected chi connectivity index (χ2v) is 10.8. The van der Waals surface area contributed by atoms with Gasteiger partial charge in [-0.25, -0.2) is 0 Å². The van der Waals surface area contributed by atoms with Gasteiger partial charge in [-0.1, -0.05) is 54.6 Å². The quantitative estimate of drug-likeness (QED) is 0.223. The minimum absolute atomic E-state index is 0.916. The monoisotopic (exact) mass is 536 g/mol. The van der Waals surface area contributed by atoms with E-state index in [1.165, 1.54) is 26.9 Å². The van der Waals surface area contributed by atoms with Gasteiger partial charge in [-0.15, -0.1) is 0 Å². The second-order valence-electron chi connectivity index (χ2n) is 10.8. The van der Waals surface area contributed by atoms with Gasteiger partial charge >= 0.3 is 0 Å². The number of fused-ring (bicyclic) bond motifs is 9. The lowest BCUT2D eigenvalue weighted by molar-refractivity contribution is 1.10. The van der Waals surface area contributed by atoms with Crippen LogP contribution in [0.15, 0.2) is 122 Å². The zero-order valence-electron chi connectivity index (χ0n) is 22.2. The van der Waals surface area contributed by atoms with Gasteiger partial charge in [0.1, 0.15) is 0 Å². The Hall–Kier alpha value is -5.88. The first-order valence-corrected chi connectivity index (χ1v) is 14.0. The van der Waals surface area contributed by atoms with E-state index in [1.54, 1.807) is 12.4 Å². The van der Waals surface area contributed by atoms with Crippen molar-refractivity contribution < 1.29 is 0 Å². The molecule has 1 aliphatic rings. The zero-order valence-corrected chi connectivity index (χ0v) is 22.2. The molecule has 0 atom stereocenters. The SMILES string of the molecule is c1cc2c3c(cc(-n4c5ccccc5c5ccncc54)c(-n4c5ccccc5c5ccncc54)c3c1)-c1nccnc1-2. The fourth-order valence-corrected chi connectivity index (χ4v) is 7.11. The van der Waals surface area contributed by atoms with Gasteiger partial charge in [-0.05, 0) is 30.3 Å². The third kappa shape index (κ3) is 2.64. The van der Waals surface area contributed by atoms with E-state index in [-0.39, 0.29) is 0 Å². The number of hydrogen-bond acceptors (Lipinski definition) is 4. The van der Waals surface area contributed by atoms with Crippen LogP contribution >= 0.6 is 0 Å². The summed E-state index contributed by atoms with van der Waals surface area (Å²) in [4.78, 5) is 18.8. The van der Waals surface area contributed by atoms with Crippen LogP contribution in [-0.2, 0) is 0 Å². The van der Waals surface area contributed by atoms with Crippen LogP contribution < -0.4 is 0 Å². The van der Waals surface area contributed by atoms with E-state index in [4.69, 9.17) is 9.97 Å². The normalized spacial score (nSPS) is 12.3. The lowest BCUT2D eigenvalue weighted by atomic mass is 10.00. The van der Waals surface area contributed by atoms with Crippen LogP contribution in [0.5, 0.6) is 0 Å². The molecule has 6 nitrogen and oxygen atoms in total. The molecular formula is C36H20N6. The summed E-state index contributed by atoms with van der Waals surface area (Å²) in [6, 6.07) is 30.3. The average molecular weight is 537 g/mol. The lowest BCUT2D eigenvalue weighted by Crippen LogP contribution is -2.05. The summed E-state index contributed by atoms with van der Waals surface area (Å²) in [7, 11) is 0. The van der Waals surface area contributed by atoms with Crippen molar-refractivity contribution in [2.24, 2.45) is 0 Å². The van der Waals surface area contributed by atoms with E-state index < -0.39 is 0 Å². The van der Waals surface area contributed by atoms with E-state index in [0.717, 1.165) is 61.3 Å². The fraction of sp³-hybridized carbons (Fsp3) is 0. The Morgan fingerprint density at radius 3 is 1.74 bits per heavy atom. The molecule has 6 heteroatoms. The molecule has 194 valence electrons. The van der Waals surface area contributed by atoms with E-state index >= 15 is 0 Å². The maximum atomic E-state index is 4.84. The Bertz CT molecular complexity index is 2480. The second kappa shape index (κ2) is 7.86. The summed E-state index contributed by atoms with van der Waals surface area (Å²) in [6.07, 6.45) is 11.3. The highest BCUT2D eigenvalue weighted by Crippen LogP contribution is 2.50. The molecule has 0 aliphatic heterocycles. The summed E-state index contributed by atoms with van der Waals surface area (Å²) in [5.74, 6) is 0. The van der Waals surface area contributed by atoms with Crippen molar-refractivity contribution in [2.45, 2.75) is 0 Å². The van der Waals surface area contributed by atoms with Crippen molar-refractivity contribution in [1.82, 2.24) is 29.1 Å². The minimum Gasteiger partial charge on any atom is -0.306 e. The summed E-state index contributed by atoms with van der Waals surface area (Å²) >= 11 is 0. The van der Waals surface area contributed by atoms with Gasteiger partial charge < -0.3 is 9.13 Å². The Kier molecular flexibility index (Phi) is 4.10. The van der Waals surface area contributed by atoms with Crippen LogP contribution in [0.25, 0.3) is 88.3 Å². The van der Waals surface area contributed by atoms with Crippen LogP contribution in [0.1, 0.15) is 0 Å². The number of aromatic nitrogens is 6. The molecule has 10 rings (SSSR count). The molecule has 4 aromatic carbocycles. The molecule has 0 saturated carbocycles. The van der Waals surface area contributed by atoms with E-state index in [2.05, 4.69) is 104 Å². The van der Waals surface area contributed by atoms with Crippen molar-refractivity contribution >= 4 is 54.4 Å². The molecule has 0 fully saturated rings. The van der Waals surface area contributed by atoms with Crippen molar-refractivity contribution in [3.63, 3.8) is 0 Å². The van der Waals surface area contributed by atoms with Crippen LogP contribution in [0.4, 0.5) is 0 Å². The molecule has 0 unspecified atom stereocenters. The molecule has 0 saturated heterocycles. The molecule has 9 aromatic rings. The third-order valence-electron chi connectivity index (χ3n) is 8.74. The Balaban J connectivity index is 1.49. The maximum absolute atomic E-state index is 4.84. The first kappa shape index (κ1) is 21.9. The first-order chi connectivity index (χ1) is 20.9. The smallest absolute Gasteiger partial charge is 0.0972 e. The van der Waals surface area contributed by atoms with E-state index in [9.17, 15) is 0 Å². The molecule has 0 radical (unpaired) electrons. The Morgan fingerprint density at radius 1 is 0.452 bits per heavy atom. The van der Waals surface area contributed by atoms with Crippen LogP contribution in [0.2, 0.25) is 0 Å². The molecule has 0 spiro atoms. The molecule has 42 heavy (non-hydrogen) atoms. The van der Waals surface area contributed by atoms with Crippen molar-refractivity contribution in [2.75, 3.05) is 0 Å². The zero-order chi connectivity index (χ0) is 27.4. The molecule has 0 N–H and O–H groups in total. The molecule has 1 aliphatic carbocycles. The van der Waals surface area contributed by atoms with E-state index in [1.807, 2.05) is 24.8 Å². The highest BCUT2D eigenvalue weighted by molar-refractivity contribution is 6.20. The van der Waals surface area contributed by atoms with Gasteiger partial charge in [0.2, 0.25) is 0 Å². The molecule has 5 heterocycles. The summed E-state index contributed by atoms with van der Waals surface area (Å²) in [5, 5.41) is 7.04. The fourth-order valence-electron chi connectivity index (χ4n) is 7.11. The van der Waals surface area contributed by atoms with Crippen LogP contribution in [0.3, 0.4) is 0 Å². The molecular weight excluding hydrogens is 516 g/mol. The van der Waals surface area contributed by atoms with Crippen LogP contribution in [0, 0.1) is 0 Å². The number of rotatable bonds is 2. The van der Waals surface area contributed by atoms with Crippen molar-refractivity contribution in [1.29, 1.82) is 0 Å². The average Bonchev–Trinajstić information content (AvgIpc) is 3.68. The largest absolute Gasteiger partial charge is 0.306 e. The third-order valence-corrected chi connectivity index (χ3v) is 8.74. The van der Waals surface area contributed by atoms with Gasteiger partial charge in [-0.3, -0.25) is 19.9 Å². The predicted molar refractivity (Wildman–Crippen MR) is 168 cm³/mol. The maximum Gasteiger partial charge on any atom is 0.0972 e. The Labute approximate surface area is 239 Å². The highest BCUT2D eigenvalue weighted by atomic mass is 15.1. The van der Waals surface area contributed by atoms with Gasteiger partial charge in [-0.2, -0.15) is 0 Å². The summed E-state index contributed by atoms with van der Waals surface area (Å²) in [6.45, 7) is 0. The van der Waals surface area contributed by atoms with Gasteiger partial charge in [0.15, 0.2) is 0 Å².